The average molecular weight is 335 g/mol. The molecule has 0 spiro atoms. The first-order valence-electron chi connectivity index (χ1n) is 7.71. The number of fused-ring (bicyclic) bond motifs is 1. The maximum absolute atomic E-state index is 11.5. The first kappa shape index (κ1) is 14.9. The van der Waals surface area contributed by atoms with Gasteiger partial charge in [-0.05, 0) is 30.3 Å². The Morgan fingerprint density at radius 1 is 0.917 bits per heavy atom. The summed E-state index contributed by atoms with van der Waals surface area (Å²) in [6, 6.07) is 19.4. The number of hydrogen-bond acceptors (Lipinski definition) is 4. The van der Waals surface area contributed by atoms with Crippen molar-refractivity contribution in [1.29, 1.82) is 0 Å². The quantitative estimate of drug-likeness (QED) is 0.839. The fraction of sp³-hybridized carbons (Fsp3) is 0.0526. The SMILES string of the molecule is OS1(c2ccccc2)N=C(Nc2ccccc2)N=C2C=CC=CC21. The van der Waals surface area contributed by atoms with Gasteiger partial charge in [-0.3, -0.25) is 0 Å². The van der Waals surface area contributed by atoms with E-state index in [1.807, 2.05) is 85.0 Å². The fourth-order valence-electron chi connectivity index (χ4n) is 2.74. The van der Waals surface area contributed by atoms with Crippen molar-refractivity contribution in [3.63, 3.8) is 0 Å². The van der Waals surface area contributed by atoms with E-state index in [1.165, 1.54) is 0 Å². The lowest BCUT2D eigenvalue weighted by Crippen LogP contribution is -2.32. The number of guanidine groups is 1. The predicted molar refractivity (Wildman–Crippen MR) is 102 cm³/mol. The number of allylic oxidation sites excluding steroid dienone is 3. The van der Waals surface area contributed by atoms with E-state index >= 15 is 0 Å². The van der Waals surface area contributed by atoms with Crippen molar-refractivity contribution in [2.75, 3.05) is 5.32 Å². The number of nitrogens with zero attached hydrogens (tertiary/aromatic N) is 2. The van der Waals surface area contributed by atoms with Crippen molar-refractivity contribution in [2.24, 2.45) is 9.39 Å². The highest BCUT2D eigenvalue weighted by molar-refractivity contribution is 8.29. The lowest BCUT2D eigenvalue weighted by Gasteiger charge is -2.39. The van der Waals surface area contributed by atoms with E-state index in [9.17, 15) is 4.55 Å². The smallest absolute Gasteiger partial charge is 0.235 e. The summed E-state index contributed by atoms with van der Waals surface area (Å²) in [7, 11) is -2.43. The first-order valence-corrected chi connectivity index (χ1v) is 9.32. The Hall–Kier alpha value is -2.63. The zero-order chi connectivity index (χ0) is 16.4. The van der Waals surface area contributed by atoms with Gasteiger partial charge in [-0.2, -0.15) is 4.40 Å². The molecular weight excluding hydrogens is 318 g/mol. The molecule has 0 radical (unpaired) electrons. The molecule has 2 aliphatic rings. The van der Waals surface area contributed by atoms with E-state index < -0.39 is 10.5 Å². The van der Waals surface area contributed by atoms with Crippen LogP contribution >= 0.6 is 10.5 Å². The molecule has 1 aliphatic carbocycles. The van der Waals surface area contributed by atoms with Gasteiger partial charge in [-0.15, -0.1) is 0 Å². The summed E-state index contributed by atoms with van der Waals surface area (Å²) in [5, 5.41) is 2.99. The van der Waals surface area contributed by atoms with Crippen LogP contribution in [0.5, 0.6) is 0 Å². The number of rotatable bonds is 2. The summed E-state index contributed by atoms with van der Waals surface area (Å²) >= 11 is 0. The second-order valence-corrected chi connectivity index (χ2v) is 7.86. The van der Waals surface area contributed by atoms with Crippen LogP contribution in [-0.2, 0) is 0 Å². The van der Waals surface area contributed by atoms with Crippen molar-refractivity contribution in [3.05, 3.63) is 85.0 Å². The maximum atomic E-state index is 11.5. The van der Waals surface area contributed by atoms with Gasteiger partial charge in [0.15, 0.2) is 0 Å². The van der Waals surface area contributed by atoms with Crippen LogP contribution < -0.4 is 5.32 Å². The minimum atomic E-state index is -2.43. The molecule has 0 saturated heterocycles. The Morgan fingerprint density at radius 2 is 1.62 bits per heavy atom. The molecule has 1 heterocycles. The molecule has 2 aromatic rings. The molecule has 5 heteroatoms. The van der Waals surface area contributed by atoms with Gasteiger partial charge in [0.2, 0.25) is 5.96 Å². The van der Waals surface area contributed by atoms with Crippen LogP contribution in [-0.4, -0.2) is 21.5 Å². The molecule has 24 heavy (non-hydrogen) atoms. The number of hydrogen-bond donors (Lipinski definition) is 2. The summed E-state index contributed by atoms with van der Waals surface area (Å²) in [5.74, 6) is 0.439. The highest BCUT2D eigenvalue weighted by Gasteiger charge is 2.38. The van der Waals surface area contributed by atoms with E-state index in [-0.39, 0.29) is 5.25 Å². The zero-order valence-corrected chi connectivity index (χ0v) is 13.7. The average Bonchev–Trinajstić information content (AvgIpc) is 2.63. The number of benzene rings is 2. The van der Waals surface area contributed by atoms with Crippen molar-refractivity contribution in [3.8, 4) is 0 Å². The van der Waals surface area contributed by atoms with Crippen molar-refractivity contribution < 1.29 is 4.55 Å². The monoisotopic (exact) mass is 335 g/mol. The van der Waals surface area contributed by atoms with E-state index in [0.717, 1.165) is 16.3 Å². The molecule has 0 fully saturated rings. The molecule has 2 N–H and O–H groups in total. The number of nitrogens with one attached hydrogen (secondary N) is 1. The van der Waals surface area contributed by atoms with E-state index in [0.29, 0.717) is 5.96 Å². The number of anilines is 1. The van der Waals surface area contributed by atoms with Crippen LogP contribution in [0.3, 0.4) is 0 Å². The van der Waals surface area contributed by atoms with Gasteiger partial charge in [-0.25, -0.2) is 4.99 Å². The van der Waals surface area contributed by atoms with Gasteiger partial charge in [-0.1, -0.05) is 54.6 Å². The number of aliphatic imine (C=N–C) groups is 1. The molecule has 0 amide bonds. The Labute approximate surface area is 142 Å². The van der Waals surface area contributed by atoms with Crippen LogP contribution in [0, 0.1) is 0 Å². The zero-order valence-electron chi connectivity index (χ0n) is 12.9. The Bertz CT molecular complexity index is 859. The molecular formula is C19H17N3OS. The molecule has 2 aromatic carbocycles. The molecule has 0 saturated carbocycles. The van der Waals surface area contributed by atoms with E-state index in [4.69, 9.17) is 0 Å². The fourth-order valence-corrected chi connectivity index (χ4v) is 4.94. The molecule has 0 aromatic heterocycles. The summed E-state index contributed by atoms with van der Waals surface area (Å²) < 4.78 is 16.1. The van der Waals surface area contributed by atoms with Crippen LogP contribution in [0.4, 0.5) is 5.69 Å². The van der Waals surface area contributed by atoms with Gasteiger partial charge in [0.1, 0.15) is 0 Å². The normalized spacial score (nSPS) is 27.5. The number of para-hydroxylation sites is 1. The molecule has 0 bridgehead atoms. The van der Waals surface area contributed by atoms with Gasteiger partial charge >= 0.3 is 0 Å². The summed E-state index contributed by atoms with van der Waals surface area (Å²) in [4.78, 5) is 5.43. The summed E-state index contributed by atoms with van der Waals surface area (Å²) in [5.41, 5.74) is 1.72. The highest BCUT2D eigenvalue weighted by atomic mass is 32.3. The Kier molecular flexibility index (Phi) is 3.80. The van der Waals surface area contributed by atoms with Crippen LogP contribution in [0.15, 0.2) is 99.3 Å². The van der Waals surface area contributed by atoms with Crippen LogP contribution in [0.25, 0.3) is 0 Å². The van der Waals surface area contributed by atoms with Crippen molar-refractivity contribution >= 4 is 27.9 Å². The van der Waals surface area contributed by atoms with Gasteiger partial charge in [0.25, 0.3) is 0 Å². The molecule has 4 nitrogen and oxygen atoms in total. The highest BCUT2D eigenvalue weighted by Crippen LogP contribution is 2.60. The lowest BCUT2D eigenvalue weighted by molar-refractivity contribution is 0.624. The van der Waals surface area contributed by atoms with E-state index in [2.05, 4.69) is 14.7 Å². The molecule has 2 atom stereocenters. The van der Waals surface area contributed by atoms with Gasteiger partial charge < -0.3 is 9.87 Å². The lowest BCUT2D eigenvalue weighted by atomic mass is 10.1. The third-order valence-corrected chi connectivity index (χ3v) is 6.41. The predicted octanol–water partition coefficient (Wildman–Crippen LogP) is 4.66. The third-order valence-electron chi connectivity index (χ3n) is 3.89. The molecule has 2 unspecified atom stereocenters. The standard InChI is InChI=1S/C19H17N3OS/c23-24(16-11-5-2-6-12-16)18-14-8-7-13-17(18)21-19(22-24)20-15-9-3-1-4-10-15/h1-14,18,23H,(H,20,22). The van der Waals surface area contributed by atoms with Gasteiger partial charge in [0, 0.05) is 21.1 Å². The third kappa shape index (κ3) is 2.68. The second kappa shape index (κ2) is 6.11. The Morgan fingerprint density at radius 3 is 2.38 bits per heavy atom. The van der Waals surface area contributed by atoms with Crippen LogP contribution in [0.2, 0.25) is 0 Å². The topological polar surface area (TPSA) is 57.0 Å². The minimum Gasteiger partial charge on any atom is -0.326 e. The van der Waals surface area contributed by atoms with Crippen molar-refractivity contribution in [1.82, 2.24) is 0 Å². The molecule has 120 valence electrons. The summed E-state index contributed by atoms with van der Waals surface area (Å²) in [6.45, 7) is 0. The summed E-state index contributed by atoms with van der Waals surface area (Å²) in [6.07, 6.45) is 7.79. The van der Waals surface area contributed by atoms with Gasteiger partial charge in [0.05, 0.1) is 11.0 Å². The maximum Gasteiger partial charge on any atom is 0.235 e. The largest absolute Gasteiger partial charge is 0.326 e. The van der Waals surface area contributed by atoms with Crippen molar-refractivity contribution in [2.45, 2.75) is 10.1 Å². The first-order chi connectivity index (χ1) is 11.8. The second-order valence-electron chi connectivity index (χ2n) is 5.51. The minimum absolute atomic E-state index is 0.216. The van der Waals surface area contributed by atoms with E-state index in [1.54, 1.807) is 0 Å². The molecule has 4 rings (SSSR count). The van der Waals surface area contributed by atoms with Crippen LogP contribution in [0.1, 0.15) is 0 Å². The Balaban J connectivity index is 1.78. The molecule has 1 aliphatic heterocycles.